The van der Waals surface area contributed by atoms with Crippen LogP contribution in [0.3, 0.4) is 0 Å². The molecule has 21 heteroatoms. The normalized spacial score (nSPS) is 22.9. The molecule has 2 amide bonds. The molecule has 1 saturated carbocycles. The average molecular weight is 1110 g/mol. The zero-order valence-electron chi connectivity index (χ0n) is 45.5. The van der Waals surface area contributed by atoms with E-state index in [1.807, 2.05) is 74.9 Å². The van der Waals surface area contributed by atoms with E-state index in [1.54, 1.807) is 29.5 Å². The number of likely N-dealkylation sites (tertiary alicyclic amines) is 2. The van der Waals surface area contributed by atoms with Crippen LogP contribution in [0.25, 0.3) is 21.7 Å². The van der Waals surface area contributed by atoms with Gasteiger partial charge in [0.25, 0.3) is 5.88 Å². The number of aromatic nitrogens is 5. The van der Waals surface area contributed by atoms with E-state index >= 15 is 0 Å². The van der Waals surface area contributed by atoms with E-state index in [-0.39, 0.29) is 79.1 Å². The van der Waals surface area contributed by atoms with Crippen LogP contribution in [0.1, 0.15) is 101 Å². The maximum absolute atomic E-state index is 14.4. The molecule has 5 aliphatic rings. The van der Waals surface area contributed by atoms with Gasteiger partial charge >= 0.3 is 0 Å². The highest BCUT2D eigenvalue weighted by Gasteiger charge is 2.45. The lowest BCUT2D eigenvalue weighted by Gasteiger charge is -2.43. The number of nitrogens with two attached hydrogens (primary N) is 1. The van der Waals surface area contributed by atoms with Crippen LogP contribution in [-0.2, 0) is 14.3 Å². The molecule has 6 aromatic rings. The first kappa shape index (κ1) is 54.6. The number of β-amino-alcohol motifs (C(OH)–C–C–N with tert-alkyl or cyclic N) is 1. The lowest BCUT2D eigenvalue weighted by atomic mass is 9.91. The van der Waals surface area contributed by atoms with Crippen LogP contribution in [0.5, 0.6) is 17.5 Å². The number of para-hydroxylation sites is 1. The van der Waals surface area contributed by atoms with Gasteiger partial charge in [0.05, 0.1) is 57.9 Å². The van der Waals surface area contributed by atoms with Crippen molar-refractivity contribution in [2.45, 2.75) is 133 Å². The quantitative estimate of drug-likeness (QED) is 0.0579. The number of hydrogen-bond donors (Lipinski definition) is 4. The second-order valence-electron chi connectivity index (χ2n) is 22.3. The molecule has 11 rings (SSSR count). The highest BCUT2D eigenvalue weighted by Crippen LogP contribution is 2.41. The molecule has 4 aliphatic heterocycles. The Hall–Kier alpha value is -7.38. The first-order chi connectivity index (χ1) is 38.8. The van der Waals surface area contributed by atoms with Gasteiger partial charge in [0, 0.05) is 107 Å². The van der Waals surface area contributed by atoms with E-state index in [4.69, 9.17) is 24.5 Å². The Bertz CT molecular complexity index is 3140. The fourth-order valence-electron chi connectivity index (χ4n) is 12.3. The number of phenolic OH excluding ortho intramolecular Hbond substituents is 1. The van der Waals surface area contributed by atoms with E-state index in [0.717, 1.165) is 97.8 Å². The molecule has 6 atom stereocenters. The Morgan fingerprint density at radius 1 is 0.925 bits per heavy atom. The molecule has 2 bridgehead atoms. The molecule has 420 valence electrons. The molecular weight excluding hydrogens is 1040 g/mol. The molecular formula is C59H70N12O8S. The summed E-state index contributed by atoms with van der Waals surface area (Å²) in [6, 6.07) is 24.1. The van der Waals surface area contributed by atoms with E-state index in [0.29, 0.717) is 48.3 Å². The van der Waals surface area contributed by atoms with Crippen molar-refractivity contribution in [3.05, 3.63) is 102 Å². The number of aryl methyl sites for hydroxylation is 1. The molecule has 4 saturated heterocycles. The highest BCUT2D eigenvalue weighted by molar-refractivity contribution is 7.13. The number of hydrogen-bond acceptors (Lipinski definition) is 19. The topological polar surface area (TPSA) is 255 Å². The van der Waals surface area contributed by atoms with Crippen molar-refractivity contribution in [1.82, 2.24) is 40.4 Å². The van der Waals surface area contributed by atoms with Gasteiger partial charge in [0.2, 0.25) is 17.7 Å². The Morgan fingerprint density at radius 2 is 1.70 bits per heavy atom. The van der Waals surface area contributed by atoms with Crippen molar-refractivity contribution < 1.29 is 38.5 Å². The summed E-state index contributed by atoms with van der Waals surface area (Å²) in [5.41, 5.74) is 14.2. The summed E-state index contributed by atoms with van der Waals surface area (Å²) in [6.07, 6.45) is 7.64. The summed E-state index contributed by atoms with van der Waals surface area (Å²) in [7, 11) is 0. The number of anilines is 3. The van der Waals surface area contributed by atoms with E-state index < -0.39 is 24.1 Å². The second kappa shape index (κ2) is 24.1. The van der Waals surface area contributed by atoms with E-state index in [9.17, 15) is 25.1 Å². The number of nitriles is 1. The van der Waals surface area contributed by atoms with Crippen molar-refractivity contribution in [3.63, 3.8) is 0 Å². The van der Waals surface area contributed by atoms with E-state index in [2.05, 4.69) is 63.5 Å². The summed E-state index contributed by atoms with van der Waals surface area (Å²) in [6.45, 7) is 10.2. The number of piperidine rings is 1. The number of thiazole rings is 1. The number of amides is 2. The van der Waals surface area contributed by atoms with Gasteiger partial charge in [-0.25, -0.2) is 9.97 Å². The number of phenols is 1. The summed E-state index contributed by atoms with van der Waals surface area (Å²) in [4.78, 5) is 47.1. The van der Waals surface area contributed by atoms with Gasteiger partial charge in [-0.15, -0.1) is 21.5 Å². The molecule has 20 nitrogen and oxygen atoms in total. The van der Waals surface area contributed by atoms with Gasteiger partial charge in [-0.2, -0.15) is 5.26 Å². The number of fused-ring (bicyclic) bond motifs is 2. The minimum absolute atomic E-state index is 0.00570. The third-order valence-electron chi connectivity index (χ3n) is 16.5. The smallest absolute Gasteiger partial charge is 0.254 e. The van der Waals surface area contributed by atoms with Crippen LogP contribution in [0, 0.1) is 24.2 Å². The van der Waals surface area contributed by atoms with Gasteiger partial charge < -0.3 is 54.7 Å². The lowest BCUT2D eigenvalue weighted by Crippen LogP contribution is -2.54. The Labute approximate surface area is 469 Å². The van der Waals surface area contributed by atoms with Gasteiger partial charge in [-0.05, 0) is 85.5 Å². The number of rotatable bonds is 20. The van der Waals surface area contributed by atoms with Crippen molar-refractivity contribution >= 4 is 40.3 Å². The number of carbonyl (C=O) groups is 2. The number of nitrogens with one attached hydrogen (secondary N) is 1. The zero-order valence-corrected chi connectivity index (χ0v) is 46.3. The minimum atomic E-state index is -0.911. The predicted octanol–water partition coefficient (Wildman–Crippen LogP) is 7.44. The van der Waals surface area contributed by atoms with Crippen LogP contribution < -0.4 is 30.3 Å². The van der Waals surface area contributed by atoms with Crippen molar-refractivity contribution in [2.24, 2.45) is 5.92 Å². The maximum Gasteiger partial charge on any atom is 0.254 e. The van der Waals surface area contributed by atoms with Gasteiger partial charge in [0.1, 0.15) is 30.4 Å². The predicted molar refractivity (Wildman–Crippen MR) is 301 cm³/mol. The lowest BCUT2D eigenvalue weighted by molar-refractivity contribution is -0.141. The van der Waals surface area contributed by atoms with Crippen LogP contribution in [0.15, 0.2) is 89.0 Å². The molecule has 4 aromatic heterocycles. The number of nitrogen functional groups attached to an aromatic ring is 1. The molecule has 1 aliphatic carbocycles. The number of pyridine rings is 1. The summed E-state index contributed by atoms with van der Waals surface area (Å²) >= 11 is 1.56. The number of nitrogens with zero attached hydrogens (tertiary/aromatic N) is 10. The van der Waals surface area contributed by atoms with Gasteiger partial charge in [0.15, 0.2) is 11.6 Å². The molecule has 0 radical (unpaired) electrons. The summed E-state index contributed by atoms with van der Waals surface area (Å²) < 4.78 is 24.8. The molecule has 80 heavy (non-hydrogen) atoms. The number of carbonyl (C=O) groups excluding carboxylic acids is 2. The third kappa shape index (κ3) is 12.0. The zero-order chi connectivity index (χ0) is 55.4. The van der Waals surface area contributed by atoms with Crippen LogP contribution in [0.4, 0.5) is 17.2 Å². The SMILES string of the molecule is Cc1ncsc1-c1ccc([C@H](CCC#N)NC(=O)[C@@H]2C[C@@H](O)CN2C(=O)[C@H](c2cc(OCCN3CCC(OC4CC(Oc5cc(N6C7CC[C@@H]6CN(c6cc(-c8ccccc8O)nnc6N)C7)ccn5)C4)CC3)no2)C(C)C)cc1. The number of benzene rings is 2. The fourth-order valence-corrected chi connectivity index (χ4v) is 13.1. The van der Waals surface area contributed by atoms with E-state index in [1.165, 1.54) is 4.90 Å². The Kier molecular flexibility index (Phi) is 16.5. The third-order valence-corrected chi connectivity index (χ3v) is 17.5. The molecule has 8 heterocycles. The molecule has 5 N–H and O–H groups in total. The van der Waals surface area contributed by atoms with Crippen LogP contribution in [0.2, 0.25) is 0 Å². The number of aliphatic hydroxyl groups is 1. The first-order valence-corrected chi connectivity index (χ1v) is 28.9. The molecule has 2 aromatic carbocycles. The molecule has 0 spiro atoms. The van der Waals surface area contributed by atoms with Crippen molar-refractivity contribution in [1.29, 1.82) is 5.26 Å². The van der Waals surface area contributed by atoms with Gasteiger partial charge in [-0.1, -0.05) is 50.2 Å². The molecule has 5 fully saturated rings. The average Bonchev–Trinajstić information content (AvgIpc) is 4.32. The standard InChI is InChI=1S/C59H70N12O8S/c1-35(2)55(59(75)70-33-42(72)26-50(70)58(74)64-47(8-6-19-60)37-10-12-38(13-11-37)56-36(3)63-34-80-56)52-30-54(67-79-52)76-24-23-68-21-17-43(18-22-68)77-44-27-45(28-44)78-53-25-39(16-20-62-53)71-40-14-15-41(71)32-69(31-40)49-29-48(65-66-57(49)61)46-7-4-5-9-51(46)73/h4-5,7,9-13,16,20,25,29-30,34-35,40-45,47,50,55,72-73H,6,8,14-15,17-18,21-24,26-28,31-33H2,1-3H3,(H2,61,66)(H,64,74)/t40-,41?,42-,44?,45?,47+,50+,55+/m1/s1. The summed E-state index contributed by atoms with van der Waals surface area (Å²) in [5.74, 6) is 0.0783. The first-order valence-electron chi connectivity index (χ1n) is 28.1. The van der Waals surface area contributed by atoms with Crippen molar-refractivity contribution in [2.75, 3.05) is 61.4 Å². The maximum atomic E-state index is 14.4. The number of piperazine rings is 1. The minimum Gasteiger partial charge on any atom is -0.507 e. The second-order valence-corrected chi connectivity index (χ2v) is 23.1. The fraction of sp³-hybridized carbons (Fsp3) is 0.492. The number of ether oxygens (including phenoxy) is 3. The van der Waals surface area contributed by atoms with Crippen molar-refractivity contribution in [3.8, 4) is 45.3 Å². The molecule has 1 unspecified atom stereocenters. The van der Waals surface area contributed by atoms with Crippen LogP contribution in [-0.4, -0.2) is 146 Å². The summed E-state index contributed by atoms with van der Waals surface area (Å²) in [5, 5.41) is 46.6. The Balaban J connectivity index is 0.609. The number of aromatic hydroxyl groups is 1. The monoisotopic (exact) mass is 1110 g/mol. The number of aliphatic hydroxyl groups excluding tert-OH is 1. The van der Waals surface area contributed by atoms with Crippen LogP contribution >= 0.6 is 11.3 Å². The Morgan fingerprint density at radius 3 is 2.42 bits per heavy atom. The van der Waals surface area contributed by atoms with Gasteiger partial charge in [-0.3, -0.25) is 14.5 Å². The highest BCUT2D eigenvalue weighted by atomic mass is 32.1. The largest absolute Gasteiger partial charge is 0.507 e.